The first-order valence-electron chi connectivity index (χ1n) is 9.02. The van der Waals surface area contributed by atoms with E-state index in [4.69, 9.17) is 19.2 Å². The molecule has 0 N–H and O–H groups in total. The molecule has 1 aromatic heterocycles. The lowest BCUT2D eigenvalue weighted by molar-refractivity contribution is 0.188. The fourth-order valence-corrected chi connectivity index (χ4v) is 4.02. The van der Waals surface area contributed by atoms with Gasteiger partial charge in [-0.1, -0.05) is 19.9 Å². The molecule has 0 atom stereocenters. The largest absolute Gasteiger partial charge is 0.496 e. The maximum atomic E-state index is 5.72. The number of hydrogen-bond donors (Lipinski definition) is 0. The lowest BCUT2D eigenvalue weighted by atomic mass is 10.0. The smallest absolute Gasteiger partial charge is 0.146 e. The van der Waals surface area contributed by atoms with Gasteiger partial charge in [0, 0.05) is 18.1 Å². The number of benzene rings is 2. The Morgan fingerprint density at radius 3 is 2.36 bits per heavy atom. The maximum Gasteiger partial charge on any atom is 0.146 e. The molecule has 0 spiro atoms. The van der Waals surface area contributed by atoms with Crippen molar-refractivity contribution in [2.24, 2.45) is 0 Å². The summed E-state index contributed by atoms with van der Waals surface area (Å²) >= 11 is 7.24. The first kappa shape index (κ1) is 21.1. The molecule has 0 aliphatic heterocycles. The first-order valence-corrected chi connectivity index (χ1v) is 10.6. The molecule has 0 saturated carbocycles. The van der Waals surface area contributed by atoms with Gasteiger partial charge in [0.15, 0.2) is 0 Å². The van der Waals surface area contributed by atoms with Crippen LogP contribution in [-0.2, 0) is 11.3 Å². The van der Waals surface area contributed by atoms with Crippen LogP contribution in [0.3, 0.4) is 0 Å². The lowest BCUT2D eigenvalue weighted by Crippen LogP contribution is -2.07. The van der Waals surface area contributed by atoms with E-state index in [0.717, 1.165) is 42.9 Å². The number of fused-ring (bicyclic) bond motifs is 1. The Morgan fingerprint density at radius 1 is 1.04 bits per heavy atom. The van der Waals surface area contributed by atoms with Gasteiger partial charge in [-0.3, -0.25) is 0 Å². The van der Waals surface area contributed by atoms with Crippen LogP contribution in [-0.4, -0.2) is 37.5 Å². The molecule has 0 aliphatic carbocycles. The van der Waals surface area contributed by atoms with Gasteiger partial charge in [-0.2, -0.15) is 0 Å². The predicted octanol–water partition coefficient (Wildman–Crippen LogP) is 6.02. The number of aromatic nitrogens is 2. The minimum Gasteiger partial charge on any atom is -0.496 e. The van der Waals surface area contributed by atoms with Crippen molar-refractivity contribution >= 4 is 42.9 Å². The molecule has 28 heavy (non-hydrogen) atoms. The van der Waals surface area contributed by atoms with Gasteiger partial charge in [0.2, 0.25) is 0 Å². The molecule has 0 amide bonds. The Hall–Kier alpha value is -1.57. The Balaban J connectivity index is 2.33. The van der Waals surface area contributed by atoms with Crippen molar-refractivity contribution in [2.45, 2.75) is 26.3 Å². The Kier molecular flexibility index (Phi) is 6.68. The molecule has 0 saturated heterocycles. The summed E-state index contributed by atoms with van der Waals surface area (Å²) < 4.78 is 20.6. The predicted molar refractivity (Wildman–Crippen MR) is 120 cm³/mol. The van der Waals surface area contributed by atoms with Crippen LogP contribution in [0.1, 0.15) is 25.3 Å². The van der Waals surface area contributed by atoms with Crippen LogP contribution in [0.15, 0.2) is 33.2 Å². The van der Waals surface area contributed by atoms with Gasteiger partial charge in [0.05, 0.1) is 30.9 Å². The molecule has 7 heteroatoms. The second-order valence-corrected chi connectivity index (χ2v) is 8.41. The molecule has 3 rings (SSSR count). The molecule has 0 aliphatic rings. The van der Waals surface area contributed by atoms with Gasteiger partial charge in [0.25, 0.3) is 0 Å². The summed E-state index contributed by atoms with van der Waals surface area (Å²) in [6, 6.07) is 8.24. The highest BCUT2D eigenvalue weighted by molar-refractivity contribution is 9.13. The highest BCUT2D eigenvalue weighted by atomic mass is 79.9. The average molecular weight is 512 g/mol. The lowest BCUT2D eigenvalue weighted by Gasteiger charge is -2.15. The highest BCUT2D eigenvalue weighted by Crippen LogP contribution is 2.41. The van der Waals surface area contributed by atoms with E-state index in [1.165, 1.54) is 5.56 Å². The standard InChI is InChI=1S/C21H24Br2N2O3/c1-12(2)13-6-7-14(16(10-13)27-4)21-24-19-18(23)15(22)11-17(28-5)20(19)25(21)8-9-26-3/h6-7,10-12H,8-9H2,1-5H3. The third-order valence-corrected chi connectivity index (χ3v) is 6.71. The Labute approximate surface area is 182 Å². The van der Waals surface area contributed by atoms with Crippen LogP contribution in [0.25, 0.3) is 22.4 Å². The summed E-state index contributed by atoms with van der Waals surface area (Å²) in [5.41, 5.74) is 3.90. The van der Waals surface area contributed by atoms with Gasteiger partial charge < -0.3 is 18.8 Å². The number of methoxy groups -OCH3 is 3. The minimum atomic E-state index is 0.417. The minimum absolute atomic E-state index is 0.417. The van der Waals surface area contributed by atoms with Crippen LogP contribution >= 0.6 is 31.9 Å². The van der Waals surface area contributed by atoms with Crippen molar-refractivity contribution in [1.82, 2.24) is 9.55 Å². The van der Waals surface area contributed by atoms with Crippen molar-refractivity contribution in [2.75, 3.05) is 27.9 Å². The fraction of sp³-hybridized carbons (Fsp3) is 0.381. The second kappa shape index (κ2) is 8.84. The number of imidazole rings is 1. The van der Waals surface area contributed by atoms with E-state index < -0.39 is 0 Å². The summed E-state index contributed by atoms with van der Waals surface area (Å²) in [6.45, 7) is 5.53. The molecule has 1 heterocycles. The number of hydrogen-bond acceptors (Lipinski definition) is 4. The van der Waals surface area contributed by atoms with E-state index in [2.05, 4.69) is 68.5 Å². The molecule has 0 fully saturated rings. The van der Waals surface area contributed by atoms with Crippen molar-refractivity contribution in [3.63, 3.8) is 0 Å². The quantitative estimate of drug-likeness (QED) is 0.389. The summed E-state index contributed by atoms with van der Waals surface area (Å²) in [6.07, 6.45) is 0. The van der Waals surface area contributed by atoms with E-state index in [-0.39, 0.29) is 0 Å². The summed E-state index contributed by atoms with van der Waals surface area (Å²) in [5.74, 6) is 2.78. The zero-order chi connectivity index (χ0) is 20.4. The zero-order valence-corrected chi connectivity index (χ0v) is 19.8. The van der Waals surface area contributed by atoms with Crippen molar-refractivity contribution < 1.29 is 14.2 Å². The van der Waals surface area contributed by atoms with Crippen LogP contribution in [0, 0.1) is 0 Å². The molecule has 0 bridgehead atoms. The number of ether oxygens (including phenoxy) is 3. The normalized spacial score (nSPS) is 11.4. The molecule has 2 aromatic carbocycles. The van der Waals surface area contributed by atoms with E-state index in [9.17, 15) is 0 Å². The molecule has 0 unspecified atom stereocenters. The first-order chi connectivity index (χ1) is 13.4. The average Bonchev–Trinajstić information content (AvgIpc) is 3.07. The maximum absolute atomic E-state index is 5.72. The molecule has 150 valence electrons. The Bertz CT molecular complexity index is 999. The van der Waals surface area contributed by atoms with Crippen LogP contribution in [0.5, 0.6) is 11.5 Å². The van der Waals surface area contributed by atoms with Crippen molar-refractivity contribution in [3.8, 4) is 22.9 Å². The van der Waals surface area contributed by atoms with Gasteiger partial charge in [-0.15, -0.1) is 0 Å². The second-order valence-electron chi connectivity index (χ2n) is 6.77. The molecule has 0 radical (unpaired) electrons. The summed E-state index contributed by atoms with van der Waals surface area (Å²) in [7, 11) is 5.05. The highest BCUT2D eigenvalue weighted by Gasteiger charge is 2.22. The van der Waals surface area contributed by atoms with Crippen LogP contribution in [0.4, 0.5) is 0 Å². The van der Waals surface area contributed by atoms with Gasteiger partial charge in [-0.05, 0) is 61.5 Å². The molecule has 5 nitrogen and oxygen atoms in total. The SMILES string of the molecule is COCCn1c(-c2ccc(C(C)C)cc2OC)nc2c(Br)c(Br)cc(OC)c21. The number of nitrogens with zero attached hydrogens (tertiary/aromatic N) is 2. The molecular formula is C21H24Br2N2O3. The summed E-state index contributed by atoms with van der Waals surface area (Å²) in [4.78, 5) is 4.96. The van der Waals surface area contributed by atoms with Gasteiger partial charge in [0.1, 0.15) is 28.4 Å². The van der Waals surface area contributed by atoms with E-state index in [1.54, 1.807) is 21.3 Å². The monoisotopic (exact) mass is 510 g/mol. The van der Waals surface area contributed by atoms with E-state index >= 15 is 0 Å². The zero-order valence-electron chi connectivity index (χ0n) is 16.7. The number of rotatable bonds is 7. The van der Waals surface area contributed by atoms with E-state index in [1.807, 2.05) is 6.07 Å². The Morgan fingerprint density at radius 2 is 1.75 bits per heavy atom. The third-order valence-electron chi connectivity index (χ3n) is 4.75. The third kappa shape index (κ3) is 3.80. The van der Waals surface area contributed by atoms with Crippen LogP contribution in [0.2, 0.25) is 0 Å². The van der Waals surface area contributed by atoms with Crippen molar-refractivity contribution in [1.29, 1.82) is 0 Å². The molecular weight excluding hydrogens is 488 g/mol. The number of halogens is 2. The summed E-state index contributed by atoms with van der Waals surface area (Å²) in [5, 5.41) is 0. The fourth-order valence-electron chi connectivity index (χ4n) is 3.23. The van der Waals surface area contributed by atoms with Gasteiger partial charge >= 0.3 is 0 Å². The molecule has 3 aromatic rings. The van der Waals surface area contributed by atoms with Crippen LogP contribution < -0.4 is 9.47 Å². The van der Waals surface area contributed by atoms with Gasteiger partial charge in [-0.25, -0.2) is 4.98 Å². The van der Waals surface area contributed by atoms with E-state index in [0.29, 0.717) is 19.1 Å². The van der Waals surface area contributed by atoms with Crippen molar-refractivity contribution in [3.05, 3.63) is 38.8 Å². The topological polar surface area (TPSA) is 45.5 Å².